The van der Waals surface area contributed by atoms with Gasteiger partial charge in [-0.2, -0.15) is 0 Å². The smallest absolute Gasteiger partial charge is 0.321 e. The molecule has 0 saturated carbocycles. The molecule has 0 aliphatic carbocycles. The van der Waals surface area contributed by atoms with E-state index in [9.17, 15) is 14.4 Å². The van der Waals surface area contributed by atoms with Crippen LogP contribution in [0.15, 0.2) is 121 Å². The summed E-state index contributed by atoms with van der Waals surface area (Å²) in [6.07, 6.45) is 1.57. The lowest BCUT2D eigenvalue weighted by atomic mass is 10.3. The highest BCUT2D eigenvalue weighted by atomic mass is 28.5. The number of para-hydroxylation sites is 4. The quantitative estimate of drug-likeness (QED) is 0.0233. The van der Waals surface area contributed by atoms with Crippen LogP contribution < -0.4 is 31.9 Å². The van der Waals surface area contributed by atoms with Gasteiger partial charge in [-0.05, 0) is 113 Å². The monoisotopic (exact) mass is 919 g/mol. The Balaban J connectivity index is 0.00000661. The standard InChI is InChI=1S/C44H66N8O5Si3.3CH4/c1-58(2,35-19-31-51(43(54)49-40-25-15-9-16-26-40)33-29-45-37-47-38-21-11-7-12-22-38)56-60(5,6)57-59(3,4)36-20-32-52(44(55)50-41-27-17-10-18-28-41)34-30-46-42(53)48-39-23-13-8-14-24-39;;;/h7-18,21-28,45,47H,19-20,29-37H2,1-6H3,(H,49,54)(H,50,55)(H2,46,48,53);3*1H4. The van der Waals surface area contributed by atoms with Crippen molar-refractivity contribution in [1.29, 1.82) is 0 Å². The van der Waals surface area contributed by atoms with Gasteiger partial charge in [-0.1, -0.05) is 95.1 Å². The molecular formula is C47H78N8O5Si3. The summed E-state index contributed by atoms with van der Waals surface area (Å²) in [5.41, 5.74) is 3.22. The molecule has 348 valence electrons. The lowest BCUT2D eigenvalue weighted by Crippen LogP contribution is -2.52. The molecule has 0 bridgehead atoms. The van der Waals surface area contributed by atoms with Gasteiger partial charge in [-0.15, -0.1) is 0 Å². The molecule has 0 radical (unpaired) electrons. The van der Waals surface area contributed by atoms with Crippen LogP contribution in [-0.4, -0.2) is 99.0 Å². The van der Waals surface area contributed by atoms with Crippen molar-refractivity contribution < 1.29 is 22.6 Å². The first-order valence-electron chi connectivity index (χ1n) is 20.9. The highest BCUT2D eigenvalue weighted by Gasteiger charge is 2.39. The van der Waals surface area contributed by atoms with E-state index in [1.54, 1.807) is 4.90 Å². The molecule has 13 nitrogen and oxygen atoms in total. The number of nitrogens with one attached hydrogen (secondary N) is 6. The van der Waals surface area contributed by atoms with Crippen molar-refractivity contribution in [1.82, 2.24) is 20.4 Å². The molecule has 6 N–H and O–H groups in total. The molecule has 0 heterocycles. The van der Waals surface area contributed by atoms with E-state index in [-0.39, 0.29) is 40.4 Å². The van der Waals surface area contributed by atoms with Crippen LogP contribution in [0.5, 0.6) is 0 Å². The minimum absolute atomic E-state index is 0. The Morgan fingerprint density at radius 3 is 1.27 bits per heavy atom. The first kappa shape index (κ1) is 56.0. The fourth-order valence-electron chi connectivity index (χ4n) is 6.95. The third-order valence-corrected chi connectivity index (χ3v) is 21.0. The van der Waals surface area contributed by atoms with Gasteiger partial charge in [0.25, 0.3) is 0 Å². The van der Waals surface area contributed by atoms with Crippen molar-refractivity contribution in [2.45, 2.75) is 86.5 Å². The highest BCUT2D eigenvalue weighted by molar-refractivity contribution is 6.87. The summed E-state index contributed by atoms with van der Waals surface area (Å²) >= 11 is 0. The number of urea groups is 3. The van der Waals surface area contributed by atoms with Crippen molar-refractivity contribution in [3.63, 3.8) is 0 Å². The van der Waals surface area contributed by atoms with E-state index >= 15 is 0 Å². The molecule has 0 aliphatic rings. The lowest BCUT2D eigenvalue weighted by Gasteiger charge is -2.39. The van der Waals surface area contributed by atoms with Crippen molar-refractivity contribution in [2.24, 2.45) is 0 Å². The number of carbonyl (C=O) groups is 3. The third-order valence-electron chi connectivity index (χ3n) is 9.53. The average Bonchev–Trinajstić information content (AvgIpc) is 3.20. The highest BCUT2D eigenvalue weighted by Crippen LogP contribution is 2.26. The maximum Gasteiger partial charge on any atom is 0.321 e. The Hall–Kier alpha value is -4.98. The third kappa shape index (κ3) is 22.8. The first-order chi connectivity index (χ1) is 28.7. The molecular weight excluding hydrogens is 841 g/mol. The van der Waals surface area contributed by atoms with Crippen LogP contribution in [0.3, 0.4) is 0 Å². The number of rotatable bonds is 24. The van der Waals surface area contributed by atoms with E-state index in [0.717, 1.165) is 36.3 Å². The van der Waals surface area contributed by atoms with Crippen molar-refractivity contribution in [3.05, 3.63) is 121 Å². The van der Waals surface area contributed by atoms with Crippen LogP contribution in [0.1, 0.15) is 35.1 Å². The molecule has 16 heteroatoms. The predicted molar refractivity (Wildman–Crippen MR) is 274 cm³/mol. The maximum absolute atomic E-state index is 13.4. The van der Waals surface area contributed by atoms with Crippen molar-refractivity contribution in [3.8, 4) is 0 Å². The number of nitrogens with zero attached hydrogens (tertiary/aromatic N) is 2. The normalized spacial score (nSPS) is 11.1. The summed E-state index contributed by atoms with van der Waals surface area (Å²) in [7, 11) is -6.91. The summed E-state index contributed by atoms with van der Waals surface area (Å²) in [6, 6.07) is 39.3. The fraction of sp³-hybridized carbons (Fsp3) is 0.426. The van der Waals surface area contributed by atoms with E-state index in [2.05, 4.69) is 71.2 Å². The number of carbonyl (C=O) groups excluding carboxylic acids is 3. The minimum atomic E-state index is -2.53. The SMILES string of the molecule is C.C.C.C[Si](C)(CCCN(CCNCNc1ccccc1)C(=O)Nc1ccccc1)O[Si](C)(C)O[Si](C)(C)CCCN(CCNC(=O)Nc1ccccc1)C(=O)Nc1ccccc1. The molecule has 0 atom stereocenters. The molecule has 4 aromatic carbocycles. The zero-order chi connectivity index (χ0) is 43.3. The largest absolute Gasteiger partial charge is 0.437 e. The summed E-state index contributed by atoms with van der Waals surface area (Å²) in [4.78, 5) is 43.0. The summed E-state index contributed by atoms with van der Waals surface area (Å²) in [5.74, 6) is 0. The molecule has 4 rings (SSSR count). The van der Waals surface area contributed by atoms with Gasteiger partial charge < -0.3 is 44.6 Å². The lowest BCUT2D eigenvalue weighted by molar-refractivity contribution is 0.210. The number of anilines is 4. The predicted octanol–water partition coefficient (Wildman–Crippen LogP) is 11.4. The van der Waals surface area contributed by atoms with Crippen LogP contribution >= 0.6 is 0 Å². The zero-order valence-electron chi connectivity index (χ0n) is 36.3. The Morgan fingerprint density at radius 1 is 0.492 bits per heavy atom. The second-order valence-electron chi connectivity index (χ2n) is 16.4. The van der Waals surface area contributed by atoms with E-state index in [4.69, 9.17) is 8.23 Å². The van der Waals surface area contributed by atoms with Gasteiger partial charge in [0.05, 0.1) is 6.67 Å². The fourth-order valence-corrected chi connectivity index (χ4v) is 21.0. The molecule has 4 aromatic rings. The van der Waals surface area contributed by atoms with E-state index in [1.165, 1.54) is 0 Å². The van der Waals surface area contributed by atoms with Gasteiger partial charge in [0.15, 0.2) is 16.6 Å². The molecule has 0 aromatic heterocycles. The molecule has 0 unspecified atom stereocenters. The second-order valence-corrected chi connectivity index (χ2v) is 28.8. The number of hydrogen-bond donors (Lipinski definition) is 6. The second kappa shape index (κ2) is 28.7. The maximum atomic E-state index is 13.4. The first-order valence-corrected chi connectivity index (χ1v) is 30.0. The Morgan fingerprint density at radius 2 is 0.857 bits per heavy atom. The summed E-state index contributed by atoms with van der Waals surface area (Å²) < 4.78 is 13.9. The zero-order valence-corrected chi connectivity index (χ0v) is 39.3. The van der Waals surface area contributed by atoms with Gasteiger partial charge in [0, 0.05) is 62.0 Å². The average molecular weight is 919 g/mol. The van der Waals surface area contributed by atoms with E-state index in [1.807, 2.05) is 126 Å². The van der Waals surface area contributed by atoms with Crippen LogP contribution in [0.4, 0.5) is 37.1 Å². The van der Waals surface area contributed by atoms with Crippen molar-refractivity contribution in [2.75, 3.05) is 67.2 Å². The Bertz CT molecular complexity index is 1860. The van der Waals surface area contributed by atoms with E-state index < -0.39 is 25.2 Å². The van der Waals surface area contributed by atoms with Crippen LogP contribution in [0, 0.1) is 0 Å². The summed E-state index contributed by atoms with van der Waals surface area (Å²) in [6.45, 7) is 16.8. The van der Waals surface area contributed by atoms with Gasteiger partial charge in [0.1, 0.15) is 0 Å². The molecule has 0 saturated heterocycles. The number of hydrogen-bond acceptors (Lipinski definition) is 7. The van der Waals surface area contributed by atoms with Crippen LogP contribution in [0.25, 0.3) is 0 Å². The number of amides is 6. The molecule has 0 aliphatic heterocycles. The summed E-state index contributed by atoms with van der Waals surface area (Å²) in [5, 5.41) is 18.5. The van der Waals surface area contributed by atoms with Gasteiger partial charge >= 0.3 is 26.7 Å². The molecule has 0 fully saturated rings. The number of benzene rings is 4. The van der Waals surface area contributed by atoms with Gasteiger partial charge in [0.2, 0.25) is 0 Å². The van der Waals surface area contributed by atoms with E-state index in [0.29, 0.717) is 57.3 Å². The van der Waals surface area contributed by atoms with Gasteiger partial charge in [-0.25, -0.2) is 14.4 Å². The van der Waals surface area contributed by atoms with Crippen LogP contribution in [0.2, 0.25) is 51.4 Å². The van der Waals surface area contributed by atoms with Gasteiger partial charge in [-0.3, -0.25) is 5.32 Å². The minimum Gasteiger partial charge on any atom is -0.437 e. The Labute approximate surface area is 382 Å². The van der Waals surface area contributed by atoms with Crippen LogP contribution in [-0.2, 0) is 8.23 Å². The molecule has 6 amide bonds. The molecule has 0 spiro atoms. The molecule has 63 heavy (non-hydrogen) atoms. The van der Waals surface area contributed by atoms with Crippen molar-refractivity contribution >= 4 is 66.0 Å². The Kier molecular flexibility index (Phi) is 25.5. The topological polar surface area (TPSA) is 148 Å².